The normalized spacial score (nSPS) is 16.7. The first-order chi connectivity index (χ1) is 10.5. The van der Waals surface area contributed by atoms with Crippen LogP contribution in [0.15, 0.2) is 42.6 Å². The highest BCUT2D eigenvalue weighted by atomic mass is 19.4. The predicted molar refractivity (Wildman–Crippen MR) is 78.7 cm³/mol. The minimum Gasteiger partial charge on any atom is -0.406 e. The molecule has 0 unspecified atom stereocenters. The summed E-state index contributed by atoms with van der Waals surface area (Å²) in [7, 11) is 0. The van der Waals surface area contributed by atoms with E-state index in [-0.39, 0.29) is 5.75 Å². The van der Waals surface area contributed by atoms with E-state index in [0.717, 1.165) is 24.1 Å². The molecule has 1 fully saturated rings. The van der Waals surface area contributed by atoms with Crippen molar-refractivity contribution in [3.8, 4) is 17.0 Å². The molecule has 0 N–H and O–H groups in total. The lowest BCUT2D eigenvalue weighted by Gasteiger charge is -2.25. The molecule has 5 heteroatoms. The van der Waals surface area contributed by atoms with Gasteiger partial charge in [-0.05, 0) is 54.8 Å². The van der Waals surface area contributed by atoms with E-state index in [9.17, 15) is 13.2 Å². The van der Waals surface area contributed by atoms with Crippen molar-refractivity contribution >= 4 is 0 Å². The second kappa shape index (κ2) is 6.07. The fourth-order valence-corrected chi connectivity index (χ4v) is 3.14. The molecule has 2 nitrogen and oxygen atoms in total. The Bertz CT molecular complexity index is 610. The van der Waals surface area contributed by atoms with Crippen molar-refractivity contribution in [3.05, 3.63) is 42.6 Å². The third kappa shape index (κ3) is 3.46. The minimum absolute atomic E-state index is 0.188. The molecule has 22 heavy (non-hydrogen) atoms. The first-order valence-electron chi connectivity index (χ1n) is 7.56. The van der Waals surface area contributed by atoms with Gasteiger partial charge in [-0.3, -0.25) is 0 Å². The van der Waals surface area contributed by atoms with E-state index < -0.39 is 6.36 Å². The van der Waals surface area contributed by atoms with Gasteiger partial charge in [0.05, 0.1) is 0 Å². The highest BCUT2D eigenvalue weighted by Crippen LogP contribution is 2.33. The fourth-order valence-electron chi connectivity index (χ4n) is 3.14. The molecule has 0 amide bonds. The summed E-state index contributed by atoms with van der Waals surface area (Å²) in [5, 5.41) is 0. The lowest BCUT2D eigenvalue weighted by Crippen LogP contribution is -2.17. The van der Waals surface area contributed by atoms with Crippen molar-refractivity contribution in [2.75, 3.05) is 0 Å². The van der Waals surface area contributed by atoms with Crippen LogP contribution in [0.25, 0.3) is 11.3 Å². The van der Waals surface area contributed by atoms with Crippen molar-refractivity contribution in [2.24, 2.45) is 0 Å². The Morgan fingerprint density at radius 3 is 2.27 bits per heavy atom. The van der Waals surface area contributed by atoms with Crippen molar-refractivity contribution in [2.45, 2.75) is 44.5 Å². The molecule has 3 rings (SSSR count). The number of hydrogen-bond donors (Lipinski definition) is 0. The number of rotatable bonds is 3. The molecule has 0 radical (unpaired) electrons. The first kappa shape index (κ1) is 15.0. The highest BCUT2D eigenvalue weighted by Gasteiger charge is 2.31. The van der Waals surface area contributed by atoms with Crippen LogP contribution >= 0.6 is 0 Å². The van der Waals surface area contributed by atoms with Crippen molar-refractivity contribution in [1.82, 2.24) is 4.57 Å². The van der Waals surface area contributed by atoms with Gasteiger partial charge in [0.15, 0.2) is 0 Å². The van der Waals surface area contributed by atoms with Crippen molar-refractivity contribution in [3.63, 3.8) is 0 Å². The minimum atomic E-state index is -4.65. The average Bonchev–Trinajstić information content (AvgIpc) is 2.97. The van der Waals surface area contributed by atoms with Crippen LogP contribution in [0.1, 0.15) is 38.1 Å². The molecule has 0 bridgehead atoms. The maximum Gasteiger partial charge on any atom is 0.573 e. The van der Waals surface area contributed by atoms with Gasteiger partial charge in [-0.1, -0.05) is 19.3 Å². The number of benzene rings is 1. The third-order valence-corrected chi connectivity index (χ3v) is 4.13. The predicted octanol–water partition coefficient (Wildman–Crippen LogP) is 5.56. The van der Waals surface area contributed by atoms with Crippen LogP contribution in [0.2, 0.25) is 0 Å². The van der Waals surface area contributed by atoms with Crippen LogP contribution in [-0.2, 0) is 0 Å². The van der Waals surface area contributed by atoms with Crippen LogP contribution in [0.4, 0.5) is 13.2 Å². The summed E-state index contributed by atoms with van der Waals surface area (Å²) >= 11 is 0. The van der Waals surface area contributed by atoms with E-state index in [1.165, 1.54) is 31.4 Å². The molecule has 1 saturated carbocycles. The summed E-state index contributed by atoms with van der Waals surface area (Å²) in [6.07, 6.45) is 3.50. The summed E-state index contributed by atoms with van der Waals surface area (Å²) in [6, 6.07) is 10.6. The molecule has 118 valence electrons. The Kier molecular flexibility index (Phi) is 4.14. The highest BCUT2D eigenvalue weighted by molar-refractivity contribution is 5.61. The Hall–Kier alpha value is -1.91. The molecule has 1 aromatic carbocycles. The second-order valence-electron chi connectivity index (χ2n) is 5.66. The molecule has 1 aliphatic rings. The van der Waals surface area contributed by atoms with Gasteiger partial charge in [-0.25, -0.2) is 0 Å². The zero-order valence-electron chi connectivity index (χ0n) is 12.1. The quantitative estimate of drug-likeness (QED) is 0.724. The topological polar surface area (TPSA) is 14.2 Å². The van der Waals surface area contributed by atoms with Crippen LogP contribution in [0, 0.1) is 0 Å². The van der Waals surface area contributed by atoms with Gasteiger partial charge < -0.3 is 9.30 Å². The van der Waals surface area contributed by atoms with Gasteiger partial charge in [0.25, 0.3) is 0 Å². The number of hydrogen-bond acceptors (Lipinski definition) is 1. The number of aromatic nitrogens is 1. The smallest absolute Gasteiger partial charge is 0.406 e. The van der Waals surface area contributed by atoms with E-state index in [2.05, 4.69) is 15.5 Å². The van der Waals surface area contributed by atoms with Crippen molar-refractivity contribution in [1.29, 1.82) is 0 Å². The largest absolute Gasteiger partial charge is 0.573 e. The Morgan fingerprint density at radius 2 is 1.64 bits per heavy atom. The molecule has 0 saturated heterocycles. The summed E-state index contributed by atoms with van der Waals surface area (Å²) in [5.41, 5.74) is 1.95. The lowest BCUT2D eigenvalue weighted by molar-refractivity contribution is -0.274. The van der Waals surface area contributed by atoms with E-state index >= 15 is 0 Å². The van der Waals surface area contributed by atoms with Crippen LogP contribution in [0.5, 0.6) is 5.75 Å². The van der Waals surface area contributed by atoms with E-state index in [0.29, 0.717) is 6.04 Å². The maximum atomic E-state index is 12.2. The average molecular weight is 309 g/mol. The summed E-state index contributed by atoms with van der Waals surface area (Å²) < 4.78 is 42.8. The summed E-state index contributed by atoms with van der Waals surface area (Å²) in [5.74, 6) is -0.188. The second-order valence-corrected chi connectivity index (χ2v) is 5.66. The molecular formula is C17H18F3NO. The molecule has 1 heterocycles. The summed E-state index contributed by atoms with van der Waals surface area (Å²) in [6.45, 7) is 0. The van der Waals surface area contributed by atoms with E-state index in [4.69, 9.17) is 0 Å². The SMILES string of the molecule is FC(F)(F)Oc1ccc(-c2cccn2C2CCCCC2)cc1. The van der Waals surface area contributed by atoms with Gasteiger partial charge in [0, 0.05) is 17.9 Å². The van der Waals surface area contributed by atoms with Gasteiger partial charge in [0.1, 0.15) is 5.75 Å². The Labute approximate surface area is 127 Å². The van der Waals surface area contributed by atoms with Gasteiger partial charge in [0.2, 0.25) is 0 Å². The van der Waals surface area contributed by atoms with E-state index in [1.54, 1.807) is 12.1 Å². The first-order valence-corrected chi connectivity index (χ1v) is 7.56. The number of halogens is 3. The zero-order chi connectivity index (χ0) is 15.6. The fraction of sp³-hybridized carbons (Fsp3) is 0.412. The lowest BCUT2D eigenvalue weighted by atomic mass is 9.95. The number of ether oxygens (including phenoxy) is 1. The third-order valence-electron chi connectivity index (χ3n) is 4.13. The molecule has 1 aliphatic carbocycles. The molecule has 0 aliphatic heterocycles. The van der Waals surface area contributed by atoms with Crippen molar-refractivity contribution < 1.29 is 17.9 Å². The van der Waals surface area contributed by atoms with Crippen LogP contribution in [0.3, 0.4) is 0 Å². The summed E-state index contributed by atoms with van der Waals surface area (Å²) in [4.78, 5) is 0. The standard InChI is InChI=1S/C17H18F3NO/c18-17(19,20)22-15-10-8-13(9-11-15)16-7-4-12-21(16)14-5-2-1-3-6-14/h4,7-12,14H,1-3,5-6H2. The molecule has 2 aromatic rings. The molecular weight excluding hydrogens is 291 g/mol. The molecule has 0 spiro atoms. The zero-order valence-corrected chi connectivity index (χ0v) is 12.1. The van der Waals surface area contributed by atoms with E-state index in [1.807, 2.05) is 12.1 Å². The monoisotopic (exact) mass is 309 g/mol. The van der Waals surface area contributed by atoms with Gasteiger partial charge in [-0.15, -0.1) is 13.2 Å². The van der Waals surface area contributed by atoms with Gasteiger partial charge >= 0.3 is 6.36 Å². The van der Waals surface area contributed by atoms with Crippen LogP contribution in [-0.4, -0.2) is 10.9 Å². The Morgan fingerprint density at radius 1 is 0.955 bits per heavy atom. The number of nitrogens with zero attached hydrogens (tertiary/aromatic N) is 1. The maximum absolute atomic E-state index is 12.2. The molecule has 1 aromatic heterocycles. The van der Waals surface area contributed by atoms with Crippen LogP contribution < -0.4 is 4.74 Å². The molecule has 0 atom stereocenters. The van der Waals surface area contributed by atoms with Gasteiger partial charge in [-0.2, -0.15) is 0 Å². The number of alkyl halides is 3. The Balaban J connectivity index is 1.81.